The summed E-state index contributed by atoms with van der Waals surface area (Å²) in [6, 6.07) is 9.71. The molecule has 0 saturated carbocycles. The Morgan fingerprint density at radius 1 is 1.17 bits per heavy atom. The van der Waals surface area contributed by atoms with Gasteiger partial charge in [0, 0.05) is 43.5 Å². The summed E-state index contributed by atoms with van der Waals surface area (Å²) in [6.07, 6.45) is 4.81. The Morgan fingerprint density at radius 2 is 2.00 bits per heavy atom. The molecule has 8 nitrogen and oxygen atoms in total. The van der Waals surface area contributed by atoms with E-state index in [2.05, 4.69) is 15.1 Å². The van der Waals surface area contributed by atoms with Gasteiger partial charge >= 0.3 is 0 Å². The van der Waals surface area contributed by atoms with E-state index in [1.54, 1.807) is 4.68 Å². The molecule has 3 aromatic rings. The van der Waals surface area contributed by atoms with Crippen LogP contribution in [0.15, 0.2) is 49.1 Å². The molecule has 1 aromatic carbocycles. The molecule has 1 aliphatic heterocycles. The van der Waals surface area contributed by atoms with Crippen molar-refractivity contribution in [3.05, 3.63) is 60.3 Å². The number of benzene rings is 1. The zero-order valence-corrected chi connectivity index (χ0v) is 16.8. The number of nitrogens with one attached hydrogen (secondary N) is 1. The maximum Gasteiger partial charge on any atom is 0.132 e. The third-order valence-electron chi connectivity index (χ3n) is 5.34. The quantitative estimate of drug-likeness (QED) is 0.639. The number of hydrogen-bond acceptors (Lipinski definition) is 7. The first kappa shape index (κ1) is 19.2. The van der Waals surface area contributed by atoms with Crippen LogP contribution in [-0.4, -0.2) is 74.8 Å². The second kappa shape index (κ2) is 7.73. The number of likely N-dealkylation sites (N-methyl/N-ethyl adjacent to an activating group) is 1. The fraction of sp³-hybridized carbons (Fsp3) is 0.333. The highest BCUT2D eigenvalue weighted by atomic mass is 16.3. The molecule has 8 heteroatoms. The van der Waals surface area contributed by atoms with Gasteiger partial charge in [0.1, 0.15) is 12.1 Å². The molecule has 29 heavy (non-hydrogen) atoms. The molecule has 2 aromatic heterocycles. The van der Waals surface area contributed by atoms with Gasteiger partial charge in [0.05, 0.1) is 29.7 Å². The van der Waals surface area contributed by atoms with Crippen LogP contribution in [-0.2, 0) is 7.05 Å². The van der Waals surface area contributed by atoms with Gasteiger partial charge in [-0.2, -0.15) is 5.10 Å². The molecule has 0 amide bonds. The smallest absolute Gasteiger partial charge is 0.132 e. The number of aryl methyl sites for hydroxylation is 1. The van der Waals surface area contributed by atoms with Crippen LogP contribution in [0.2, 0.25) is 0 Å². The Bertz CT molecular complexity index is 1030. The number of nitrogens with zero attached hydrogens (tertiary/aromatic N) is 6. The van der Waals surface area contributed by atoms with E-state index in [0.717, 1.165) is 22.5 Å². The lowest BCUT2D eigenvalue weighted by Gasteiger charge is -2.22. The molecule has 2 N–H and O–H groups in total. The van der Waals surface area contributed by atoms with E-state index in [1.807, 2.05) is 73.7 Å². The van der Waals surface area contributed by atoms with E-state index >= 15 is 0 Å². The molecule has 1 aliphatic rings. The summed E-state index contributed by atoms with van der Waals surface area (Å²) >= 11 is 0. The molecule has 3 heterocycles. The first-order valence-corrected chi connectivity index (χ1v) is 9.52. The van der Waals surface area contributed by atoms with Crippen molar-refractivity contribution < 1.29 is 5.11 Å². The van der Waals surface area contributed by atoms with Crippen molar-refractivity contribution >= 4 is 11.5 Å². The average Bonchev–Trinajstić information content (AvgIpc) is 3.33. The highest BCUT2D eigenvalue weighted by molar-refractivity contribution is 6.10. The van der Waals surface area contributed by atoms with Crippen molar-refractivity contribution in [1.82, 2.24) is 24.6 Å². The van der Waals surface area contributed by atoms with E-state index < -0.39 is 6.10 Å². The van der Waals surface area contributed by atoms with Crippen molar-refractivity contribution in [2.24, 2.45) is 7.05 Å². The van der Waals surface area contributed by atoms with Gasteiger partial charge in [0.15, 0.2) is 0 Å². The van der Waals surface area contributed by atoms with Crippen molar-refractivity contribution in [2.45, 2.75) is 12.1 Å². The van der Waals surface area contributed by atoms with E-state index in [0.29, 0.717) is 24.5 Å². The van der Waals surface area contributed by atoms with Gasteiger partial charge < -0.3 is 14.9 Å². The zero-order chi connectivity index (χ0) is 20.5. The predicted octanol–water partition coefficient (Wildman–Crippen LogP) is 1.40. The lowest BCUT2D eigenvalue weighted by atomic mass is 10.0. The van der Waals surface area contributed by atoms with Crippen molar-refractivity contribution in [3.63, 3.8) is 0 Å². The van der Waals surface area contributed by atoms with Gasteiger partial charge in [-0.25, -0.2) is 9.97 Å². The SMILES string of the molecule is CN(C)C1CN(c2cc(C(=N)c3cccc(-c4cnn(C)c4)c3)ncn2)C[C@@H]1O. The third kappa shape index (κ3) is 3.90. The summed E-state index contributed by atoms with van der Waals surface area (Å²) in [5.74, 6) is 0.728. The summed E-state index contributed by atoms with van der Waals surface area (Å²) < 4.78 is 1.76. The minimum Gasteiger partial charge on any atom is -0.390 e. The van der Waals surface area contributed by atoms with Crippen molar-refractivity contribution in [3.8, 4) is 11.1 Å². The standard InChI is InChI=1S/C21H25N7O/c1-26(2)18-11-28(12-19(18)29)20-8-17(23-13-24-20)21(22)15-6-4-5-14(7-15)16-9-25-27(3)10-16/h4-10,13,18-19,22,29H,11-12H2,1-3H3/t18?,19-/m0/s1. The maximum absolute atomic E-state index is 10.3. The van der Waals surface area contributed by atoms with Gasteiger partial charge in [-0.3, -0.25) is 10.1 Å². The summed E-state index contributed by atoms with van der Waals surface area (Å²) in [7, 11) is 5.81. The second-order valence-corrected chi connectivity index (χ2v) is 7.62. The van der Waals surface area contributed by atoms with E-state index in [-0.39, 0.29) is 6.04 Å². The van der Waals surface area contributed by atoms with Gasteiger partial charge in [-0.15, -0.1) is 0 Å². The van der Waals surface area contributed by atoms with E-state index in [9.17, 15) is 5.11 Å². The Balaban J connectivity index is 1.58. The monoisotopic (exact) mass is 391 g/mol. The number of rotatable bonds is 5. The molecule has 0 aliphatic carbocycles. The van der Waals surface area contributed by atoms with Gasteiger partial charge in [0.25, 0.3) is 0 Å². The Labute approximate surface area is 170 Å². The second-order valence-electron chi connectivity index (χ2n) is 7.62. The number of aliphatic hydroxyl groups is 1. The Kier molecular flexibility index (Phi) is 5.12. The minimum absolute atomic E-state index is 0.0593. The lowest BCUT2D eigenvalue weighted by molar-refractivity contribution is 0.114. The summed E-state index contributed by atoms with van der Waals surface area (Å²) in [6.45, 7) is 1.21. The highest BCUT2D eigenvalue weighted by Crippen LogP contribution is 2.23. The maximum atomic E-state index is 10.3. The predicted molar refractivity (Wildman–Crippen MR) is 112 cm³/mol. The summed E-state index contributed by atoms with van der Waals surface area (Å²) in [5, 5.41) is 23.2. The fourth-order valence-corrected chi connectivity index (χ4v) is 3.69. The molecule has 1 saturated heterocycles. The number of aliphatic hydroxyl groups excluding tert-OH is 1. The number of β-amino-alcohol motifs (C(OH)–C–C–N with tert-alkyl or cyclic N) is 1. The zero-order valence-electron chi connectivity index (χ0n) is 16.8. The molecular formula is C21H25N7O. The van der Waals surface area contributed by atoms with Crippen LogP contribution in [0.5, 0.6) is 0 Å². The molecule has 0 spiro atoms. The van der Waals surface area contributed by atoms with Crippen LogP contribution in [0.4, 0.5) is 5.82 Å². The van der Waals surface area contributed by atoms with Crippen LogP contribution < -0.4 is 4.90 Å². The number of aromatic nitrogens is 4. The van der Waals surface area contributed by atoms with Crippen LogP contribution in [0, 0.1) is 5.41 Å². The van der Waals surface area contributed by atoms with Gasteiger partial charge in [0.2, 0.25) is 0 Å². The molecule has 4 rings (SSSR count). The fourth-order valence-electron chi connectivity index (χ4n) is 3.69. The number of anilines is 1. The van der Waals surface area contributed by atoms with Crippen LogP contribution >= 0.6 is 0 Å². The first-order chi connectivity index (χ1) is 13.9. The molecule has 150 valence electrons. The molecule has 0 radical (unpaired) electrons. The molecule has 0 bridgehead atoms. The normalized spacial score (nSPS) is 19.1. The molecule has 2 atom stereocenters. The van der Waals surface area contributed by atoms with Crippen LogP contribution in [0.25, 0.3) is 11.1 Å². The molecular weight excluding hydrogens is 366 g/mol. The van der Waals surface area contributed by atoms with Crippen molar-refractivity contribution in [2.75, 3.05) is 32.1 Å². The summed E-state index contributed by atoms with van der Waals surface area (Å²) in [5.41, 5.74) is 3.69. The van der Waals surface area contributed by atoms with Crippen LogP contribution in [0.3, 0.4) is 0 Å². The molecule has 1 fully saturated rings. The average molecular weight is 391 g/mol. The lowest BCUT2D eigenvalue weighted by Crippen LogP contribution is -2.38. The summed E-state index contributed by atoms with van der Waals surface area (Å²) in [4.78, 5) is 12.8. The largest absolute Gasteiger partial charge is 0.390 e. The van der Waals surface area contributed by atoms with Crippen molar-refractivity contribution in [1.29, 1.82) is 5.41 Å². The Hall–Kier alpha value is -3.10. The van der Waals surface area contributed by atoms with Crippen LogP contribution in [0.1, 0.15) is 11.3 Å². The van der Waals surface area contributed by atoms with E-state index in [1.165, 1.54) is 6.33 Å². The highest BCUT2D eigenvalue weighted by Gasteiger charge is 2.33. The molecule has 1 unspecified atom stereocenters. The third-order valence-corrected chi connectivity index (χ3v) is 5.34. The Morgan fingerprint density at radius 3 is 2.69 bits per heavy atom. The van der Waals surface area contributed by atoms with E-state index in [4.69, 9.17) is 5.41 Å². The topological polar surface area (TPSA) is 94.2 Å². The number of hydrogen-bond donors (Lipinski definition) is 2. The first-order valence-electron chi connectivity index (χ1n) is 9.52. The van der Waals surface area contributed by atoms with Gasteiger partial charge in [-0.05, 0) is 25.7 Å². The minimum atomic E-state index is -0.431. The van der Waals surface area contributed by atoms with Gasteiger partial charge in [-0.1, -0.05) is 18.2 Å².